The molecule has 2 atom stereocenters. The molecule has 0 radical (unpaired) electrons. The van der Waals surface area contributed by atoms with Crippen LogP contribution in [0.5, 0.6) is 0 Å². The zero-order valence-electron chi connectivity index (χ0n) is 6.96. The fraction of sp³-hybridized carbons (Fsp3) is 1.00. The molecule has 1 fully saturated rings. The quantitative estimate of drug-likeness (QED) is 0.557. The summed E-state index contributed by atoms with van der Waals surface area (Å²) in [6.45, 7) is 7.87. The Morgan fingerprint density at radius 2 is 2.10 bits per heavy atom. The van der Waals surface area contributed by atoms with Crippen LogP contribution in [0.4, 0.5) is 0 Å². The summed E-state index contributed by atoms with van der Waals surface area (Å²) in [6.07, 6.45) is 0.369. The molecule has 60 valence electrons. The highest BCUT2D eigenvalue weighted by Crippen LogP contribution is 2.21. The average Bonchev–Trinajstić information content (AvgIpc) is 1.88. The highest BCUT2D eigenvalue weighted by Gasteiger charge is 2.24. The molecule has 2 heteroatoms. The molecule has 1 saturated heterocycles. The van der Waals surface area contributed by atoms with Crippen molar-refractivity contribution in [3.05, 3.63) is 0 Å². The Bertz CT molecular complexity index is 101. The summed E-state index contributed by atoms with van der Waals surface area (Å²) in [4.78, 5) is 0. The van der Waals surface area contributed by atoms with Crippen LogP contribution >= 0.6 is 0 Å². The molecule has 0 N–H and O–H groups in total. The van der Waals surface area contributed by atoms with Gasteiger partial charge in [-0.15, -0.1) is 0 Å². The van der Waals surface area contributed by atoms with Crippen LogP contribution in [0.15, 0.2) is 0 Å². The summed E-state index contributed by atoms with van der Waals surface area (Å²) in [6, 6.07) is 0. The maximum atomic E-state index is 5.33. The lowest BCUT2D eigenvalue weighted by molar-refractivity contribution is -0.172. The van der Waals surface area contributed by atoms with E-state index in [9.17, 15) is 0 Å². The minimum atomic E-state index is 0.369. The summed E-state index contributed by atoms with van der Waals surface area (Å²) < 4.78 is 10.5. The van der Waals surface area contributed by atoms with Crippen molar-refractivity contribution in [1.82, 2.24) is 0 Å². The lowest BCUT2D eigenvalue weighted by atomic mass is 9.91. The smallest absolute Gasteiger partial charge is 0.147 e. The molecule has 1 heterocycles. The molecule has 0 aromatic rings. The molecule has 0 spiro atoms. The van der Waals surface area contributed by atoms with Crippen molar-refractivity contribution in [2.75, 3.05) is 13.4 Å². The summed E-state index contributed by atoms with van der Waals surface area (Å²) in [5.41, 5.74) is 0. The van der Waals surface area contributed by atoms with Crippen LogP contribution < -0.4 is 0 Å². The number of ether oxygens (including phenoxy) is 2. The Morgan fingerprint density at radius 1 is 1.40 bits per heavy atom. The van der Waals surface area contributed by atoms with Crippen LogP contribution in [0.25, 0.3) is 0 Å². The monoisotopic (exact) mass is 144 g/mol. The minimum Gasteiger partial charge on any atom is -0.355 e. The van der Waals surface area contributed by atoms with Gasteiger partial charge >= 0.3 is 0 Å². The molecule has 0 aliphatic carbocycles. The second kappa shape index (κ2) is 3.35. The Morgan fingerprint density at radius 3 is 2.50 bits per heavy atom. The van der Waals surface area contributed by atoms with Crippen LogP contribution in [0.3, 0.4) is 0 Å². The van der Waals surface area contributed by atoms with E-state index in [4.69, 9.17) is 9.47 Å². The maximum absolute atomic E-state index is 5.33. The van der Waals surface area contributed by atoms with Gasteiger partial charge in [-0.05, 0) is 12.8 Å². The Hall–Kier alpha value is -0.0800. The molecule has 0 unspecified atom stereocenters. The second-order valence-corrected chi connectivity index (χ2v) is 3.27. The van der Waals surface area contributed by atoms with Gasteiger partial charge in [-0.25, -0.2) is 0 Å². The van der Waals surface area contributed by atoms with Gasteiger partial charge in [-0.2, -0.15) is 0 Å². The Labute approximate surface area is 62.5 Å². The third-order valence-electron chi connectivity index (χ3n) is 2.18. The summed E-state index contributed by atoms with van der Waals surface area (Å²) in [7, 11) is 0. The van der Waals surface area contributed by atoms with Crippen LogP contribution in [-0.2, 0) is 9.47 Å². The van der Waals surface area contributed by atoms with E-state index >= 15 is 0 Å². The van der Waals surface area contributed by atoms with E-state index in [0.717, 1.165) is 6.61 Å². The summed E-state index contributed by atoms with van der Waals surface area (Å²) in [5.74, 6) is 1.24. The lowest BCUT2D eigenvalue weighted by Gasteiger charge is -2.31. The third kappa shape index (κ3) is 1.70. The molecule has 1 rings (SSSR count). The van der Waals surface area contributed by atoms with Crippen LogP contribution in [0, 0.1) is 11.8 Å². The third-order valence-corrected chi connectivity index (χ3v) is 2.18. The predicted molar refractivity (Wildman–Crippen MR) is 39.7 cm³/mol. The zero-order valence-corrected chi connectivity index (χ0v) is 6.96. The van der Waals surface area contributed by atoms with Gasteiger partial charge in [0, 0.05) is 5.92 Å². The number of hydrogen-bond donors (Lipinski definition) is 0. The van der Waals surface area contributed by atoms with E-state index in [0.29, 0.717) is 24.7 Å². The highest BCUT2D eigenvalue weighted by molar-refractivity contribution is 4.70. The SMILES string of the molecule is CC(C)[C@H]1COCO[C@H]1C. The Kier molecular flexibility index (Phi) is 2.69. The van der Waals surface area contributed by atoms with Crippen LogP contribution in [0.2, 0.25) is 0 Å². The molecule has 0 aromatic carbocycles. The molecule has 1 aliphatic rings. The predicted octanol–water partition coefficient (Wildman–Crippen LogP) is 1.65. The maximum Gasteiger partial charge on any atom is 0.147 e. The molecule has 0 bridgehead atoms. The van der Waals surface area contributed by atoms with Crippen molar-refractivity contribution in [3.63, 3.8) is 0 Å². The fourth-order valence-electron chi connectivity index (χ4n) is 1.33. The first-order valence-corrected chi connectivity index (χ1v) is 3.91. The fourth-order valence-corrected chi connectivity index (χ4v) is 1.33. The second-order valence-electron chi connectivity index (χ2n) is 3.27. The van der Waals surface area contributed by atoms with Gasteiger partial charge in [0.25, 0.3) is 0 Å². The largest absolute Gasteiger partial charge is 0.355 e. The van der Waals surface area contributed by atoms with E-state index in [1.54, 1.807) is 0 Å². The van der Waals surface area contributed by atoms with Gasteiger partial charge in [-0.3, -0.25) is 0 Å². The first-order chi connectivity index (χ1) is 4.72. The van der Waals surface area contributed by atoms with Gasteiger partial charge in [-0.1, -0.05) is 13.8 Å². The van der Waals surface area contributed by atoms with Crippen molar-refractivity contribution < 1.29 is 9.47 Å². The van der Waals surface area contributed by atoms with Gasteiger partial charge in [0.05, 0.1) is 12.7 Å². The van der Waals surface area contributed by atoms with Crippen molar-refractivity contribution >= 4 is 0 Å². The number of hydrogen-bond acceptors (Lipinski definition) is 2. The molecule has 1 aliphatic heterocycles. The first kappa shape index (κ1) is 8.02. The van der Waals surface area contributed by atoms with Gasteiger partial charge in [0.2, 0.25) is 0 Å². The Balaban J connectivity index is 2.40. The van der Waals surface area contributed by atoms with E-state index in [1.807, 2.05) is 0 Å². The standard InChI is InChI=1S/C8H16O2/c1-6(2)8-4-9-5-10-7(8)3/h6-8H,4-5H2,1-3H3/t7-,8+/m0/s1. The average molecular weight is 144 g/mol. The highest BCUT2D eigenvalue weighted by atomic mass is 16.7. The van der Waals surface area contributed by atoms with Gasteiger partial charge in [0.15, 0.2) is 0 Å². The van der Waals surface area contributed by atoms with E-state index < -0.39 is 0 Å². The molecule has 2 nitrogen and oxygen atoms in total. The van der Waals surface area contributed by atoms with Crippen LogP contribution in [0.1, 0.15) is 20.8 Å². The zero-order chi connectivity index (χ0) is 7.56. The topological polar surface area (TPSA) is 18.5 Å². The van der Waals surface area contributed by atoms with E-state index in [-0.39, 0.29) is 0 Å². The van der Waals surface area contributed by atoms with Crippen molar-refractivity contribution in [2.45, 2.75) is 26.9 Å². The molecule has 0 saturated carbocycles. The van der Waals surface area contributed by atoms with E-state index in [2.05, 4.69) is 20.8 Å². The first-order valence-electron chi connectivity index (χ1n) is 3.91. The molecule has 10 heavy (non-hydrogen) atoms. The van der Waals surface area contributed by atoms with Crippen molar-refractivity contribution in [2.24, 2.45) is 11.8 Å². The lowest BCUT2D eigenvalue weighted by Crippen LogP contribution is -2.35. The van der Waals surface area contributed by atoms with Crippen LogP contribution in [-0.4, -0.2) is 19.5 Å². The van der Waals surface area contributed by atoms with Crippen molar-refractivity contribution in [3.8, 4) is 0 Å². The molecule has 0 aromatic heterocycles. The van der Waals surface area contributed by atoms with E-state index in [1.165, 1.54) is 0 Å². The minimum absolute atomic E-state index is 0.369. The van der Waals surface area contributed by atoms with Gasteiger partial charge < -0.3 is 9.47 Å². The normalized spacial score (nSPS) is 34.8. The van der Waals surface area contributed by atoms with Crippen molar-refractivity contribution in [1.29, 1.82) is 0 Å². The summed E-state index contributed by atoms with van der Waals surface area (Å²) >= 11 is 0. The molecule has 0 amide bonds. The molecular formula is C8H16O2. The molecular weight excluding hydrogens is 128 g/mol. The summed E-state index contributed by atoms with van der Waals surface area (Å²) in [5, 5.41) is 0. The number of rotatable bonds is 1. The van der Waals surface area contributed by atoms with Gasteiger partial charge in [0.1, 0.15) is 6.79 Å².